The van der Waals surface area contributed by atoms with Gasteiger partial charge in [0, 0.05) is 18.3 Å². The van der Waals surface area contributed by atoms with E-state index >= 15 is 0 Å². The predicted molar refractivity (Wildman–Crippen MR) is 62.1 cm³/mol. The number of hydrogen-bond donors (Lipinski definition) is 1. The molecule has 2 rings (SSSR count). The van der Waals surface area contributed by atoms with Gasteiger partial charge < -0.3 is 10.5 Å². The summed E-state index contributed by atoms with van der Waals surface area (Å²) < 4.78 is 33.1. The molecule has 0 radical (unpaired) electrons. The number of benzene rings is 1. The SMILES string of the molecule is COc1c(F)cc(Cn2cc(CN)cn2)cc1F. The van der Waals surface area contributed by atoms with E-state index in [0.29, 0.717) is 12.1 Å². The fourth-order valence-corrected chi connectivity index (χ4v) is 1.68. The lowest BCUT2D eigenvalue weighted by molar-refractivity contribution is 0.359. The van der Waals surface area contributed by atoms with Crippen LogP contribution in [0.5, 0.6) is 5.75 Å². The van der Waals surface area contributed by atoms with Gasteiger partial charge in [-0.05, 0) is 17.7 Å². The zero-order valence-corrected chi connectivity index (χ0v) is 9.86. The van der Waals surface area contributed by atoms with Crippen molar-refractivity contribution in [3.63, 3.8) is 0 Å². The third kappa shape index (κ3) is 2.48. The Labute approximate surface area is 103 Å². The summed E-state index contributed by atoms with van der Waals surface area (Å²) in [4.78, 5) is 0. The Morgan fingerprint density at radius 2 is 1.94 bits per heavy atom. The molecule has 2 N–H and O–H groups in total. The molecule has 0 aliphatic carbocycles. The molecule has 96 valence electrons. The predicted octanol–water partition coefficient (Wildman–Crippen LogP) is 1.68. The summed E-state index contributed by atoms with van der Waals surface area (Å²) >= 11 is 0. The first-order chi connectivity index (χ1) is 8.63. The summed E-state index contributed by atoms with van der Waals surface area (Å²) in [5.41, 5.74) is 6.79. The lowest BCUT2D eigenvalue weighted by atomic mass is 10.2. The zero-order chi connectivity index (χ0) is 13.1. The van der Waals surface area contributed by atoms with Crippen molar-refractivity contribution < 1.29 is 13.5 Å². The van der Waals surface area contributed by atoms with E-state index in [2.05, 4.69) is 9.84 Å². The standard InChI is InChI=1S/C12H13F2N3O/c1-18-12-10(13)2-8(3-11(12)14)6-17-7-9(4-15)5-16-17/h2-3,5,7H,4,6,15H2,1H3. The van der Waals surface area contributed by atoms with Gasteiger partial charge in [-0.2, -0.15) is 5.10 Å². The molecule has 0 bridgehead atoms. The molecule has 2 aromatic rings. The Morgan fingerprint density at radius 1 is 1.28 bits per heavy atom. The van der Waals surface area contributed by atoms with E-state index in [1.807, 2.05) is 0 Å². The third-order valence-corrected chi connectivity index (χ3v) is 2.53. The molecule has 0 aliphatic rings. The van der Waals surface area contributed by atoms with Gasteiger partial charge in [-0.25, -0.2) is 8.78 Å². The molecule has 1 aromatic carbocycles. The smallest absolute Gasteiger partial charge is 0.190 e. The number of ether oxygens (including phenoxy) is 1. The summed E-state index contributed by atoms with van der Waals surface area (Å²) in [7, 11) is 1.22. The van der Waals surface area contributed by atoms with Crippen molar-refractivity contribution in [3.8, 4) is 5.75 Å². The molecule has 0 spiro atoms. The van der Waals surface area contributed by atoms with Crippen LogP contribution in [0.4, 0.5) is 8.78 Å². The summed E-state index contributed by atoms with van der Waals surface area (Å²) in [5.74, 6) is -1.82. The molecule has 1 aromatic heterocycles. The minimum absolute atomic E-state index is 0.276. The van der Waals surface area contributed by atoms with Crippen LogP contribution < -0.4 is 10.5 Å². The van der Waals surface area contributed by atoms with Gasteiger partial charge in [0.05, 0.1) is 19.9 Å². The maximum absolute atomic E-state index is 13.5. The largest absolute Gasteiger partial charge is 0.491 e. The van der Waals surface area contributed by atoms with E-state index in [9.17, 15) is 8.78 Å². The molecule has 6 heteroatoms. The fraction of sp³-hybridized carbons (Fsp3) is 0.250. The maximum atomic E-state index is 13.5. The van der Waals surface area contributed by atoms with Crippen LogP contribution in [0.3, 0.4) is 0 Å². The Hall–Kier alpha value is -1.95. The quantitative estimate of drug-likeness (QED) is 0.901. The fourth-order valence-electron chi connectivity index (χ4n) is 1.68. The minimum atomic E-state index is -0.723. The lowest BCUT2D eigenvalue weighted by Crippen LogP contribution is -2.03. The van der Waals surface area contributed by atoms with Crippen LogP contribution in [0.25, 0.3) is 0 Å². The van der Waals surface area contributed by atoms with Crippen LogP contribution in [0, 0.1) is 11.6 Å². The van der Waals surface area contributed by atoms with Crippen molar-refractivity contribution in [2.75, 3.05) is 7.11 Å². The second-order valence-electron chi connectivity index (χ2n) is 3.84. The zero-order valence-electron chi connectivity index (χ0n) is 9.86. The van der Waals surface area contributed by atoms with Crippen molar-refractivity contribution in [2.45, 2.75) is 13.1 Å². The highest BCUT2D eigenvalue weighted by Gasteiger charge is 2.11. The van der Waals surface area contributed by atoms with Crippen molar-refractivity contribution in [1.29, 1.82) is 0 Å². The van der Waals surface area contributed by atoms with Gasteiger partial charge in [-0.15, -0.1) is 0 Å². The number of nitrogens with two attached hydrogens (primary N) is 1. The number of halogens is 2. The second-order valence-corrected chi connectivity index (χ2v) is 3.84. The van der Waals surface area contributed by atoms with E-state index in [0.717, 1.165) is 5.56 Å². The van der Waals surface area contributed by atoms with Crippen LogP contribution in [0.15, 0.2) is 24.5 Å². The van der Waals surface area contributed by atoms with E-state index in [1.165, 1.54) is 19.2 Å². The Balaban J connectivity index is 2.24. The van der Waals surface area contributed by atoms with Crippen molar-refractivity contribution in [3.05, 3.63) is 47.3 Å². The summed E-state index contributed by atoms with van der Waals surface area (Å²) in [5, 5.41) is 4.04. The highest BCUT2D eigenvalue weighted by atomic mass is 19.1. The monoisotopic (exact) mass is 253 g/mol. The second kappa shape index (κ2) is 5.14. The third-order valence-electron chi connectivity index (χ3n) is 2.53. The van der Waals surface area contributed by atoms with Crippen molar-refractivity contribution in [2.24, 2.45) is 5.73 Å². The number of hydrogen-bond acceptors (Lipinski definition) is 3. The van der Waals surface area contributed by atoms with Crippen LogP contribution in [-0.4, -0.2) is 16.9 Å². The van der Waals surface area contributed by atoms with E-state index < -0.39 is 11.6 Å². The lowest BCUT2D eigenvalue weighted by Gasteiger charge is -2.07. The highest BCUT2D eigenvalue weighted by Crippen LogP contribution is 2.23. The minimum Gasteiger partial charge on any atom is -0.491 e. The van der Waals surface area contributed by atoms with Gasteiger partial charge in [0.25, 0.3) is 0 Å². The number of rotatable bonds is 4. The molecule has 4 nitrogen and oxygen atoms in total. The highest BCUT2D eigenvalue weighted by molar-refractivity contribution is 5.31. The first kappa shape index (κ1) is 12.5. The first-order valence-corrected chi connectivity index (χ1v) is 5.37. The van der Waals surface area contributed by atoms with E-state index in [-0.39, 0.29) is 12.3 Å². The average Bonchev–Trinajstić information content (AvgIpc) is 2.76. The number of nitrogens with zero attached hydrogens (tertiary/aromatic N) is 2. The summed E-state index contributed by atoms with van der Waals surface area (Å²) in [6.07, 6.45) is 3.36. The molecule has 0 fully saturated rings. The molecule has 0 aliphatic heterocycles. The molecule has 0 amide bonds. The van der Waals surface area contributed by atoms with Gasteiger partial charge in [0.2, 0.25) is 0 Å². The van der Waals surface area contributed by atoms with Gasteiger partial charge in [-0.1, -0.05) is 0 Å². The molecular formula is C12H13F2N3O. The maximum Gasteiger partial charge on any atom is 0.190 e. The Bertz CT molecular complexity index is 531. The van der Waals surface area contributed by atoms with Crippen molar-refractivity contribution in [1.82, 2.24) is 9.78 Å². The van der Waals surface area contributed by atoms with Crippen LogP contribution >= 0.6 is 0 Å². The summed E-state index contributed by atoms with van der Waals surface area (Å²) in [6, 6.07) is 2.46. The Kier molecular flexibility index (Phi) is 3.57. The van der Waals surface area contributed by atoms with Gasteiger partial charge in [-0.3, -0.25) is 4.68 Å². The van der Waals surface area contributed by atoms with Crippen LogP contribution in [-0.2, 0) is 13.1 Å². The van der Waals surface area contributed by atoms with Gasteiger partial charge in [0.15, 0.2) is 17.4 Å². The molecular weight excluding hydrogens is 240 g/mol. The van der Waals surface area contributed by atoms with Crippen molar-refractivity contribution >= 4 is 0 Å². The molecule has 1 heterocycles. The molecule has 18 heavy (non-hydrogen) atoms. The molecule has 0 saturated heterocycles. The van der Waals surface area contributed by atoms with E-state index in [4.69, 9.17) is 5.73 Å². The average molecular weight is 253 g/mol. The van der Waals surface area contributed by atoms with Gasteiger partial charge >= 0.3 is 0 Å². The van der Waals surface area contributed by atoms with Crippen LogP contribution in [0.2, 0.25) is 0 Å². The van der Waals surface area contributed by atoms with Gasteiger partial charge in [0.1, 0.15) is 0 Å². The summed E-state index contributed by atoms with van der Waals surface area (Å²) in [6.45, 7) is 0.656. The van der Waals surface area contributed by atoms with E-state index in [1.54, 1.807) is 17.1 Å². The molecule has 0 saturated carbocycles. The number of aromatic nitrogens is 2. The number of methoxy groups -OCH3 is 1. The first-order valence-electron chi connectivity index (χ1n) is 5.37. The molecule has 0 atom stereocenters. The Morgan fingerprint density at radius 3 is 2.44 bits per heavy atom. The molecule has 0 unspecified atom stereocenters. The normalized spacial score (nSPS) is 10.7. The van der Waals surface area contributed by atoms with Crippen LogP contribution in [0.1, 0.15) is 11.1 Å². The topological polar surface area (TPSA) is 53.1 Å².